The lowest BCUT2D eigenvalue weighted by molar-refractivity contribution is 0.0694. The van der Waals surface area contributed by atoms with E-state index in [-0.39, 0.29) is 22.0 Å². The highest BCUT2D eigenvalue weighted by molar-refractivity contribution is 8.00. The predicted octanol–water partition coefficient (Wildman–Crippen LogP) is 2.80. The van der Waals surface area contributed by atoms with Gasteiger partial charge in [-0.1, -0.05) is 27.7 Å². The second-order valence-electron chi connectivity index (χ2n) is 5.32. The minimum atomic E-state index is -1.08. The molecular weight excluding hydrogens is 278 g/mol. The van der Waals surface area contributed by atoms with E-state index in [9.17, 15) is 9.59 Å². The number of furan rings is 1. The van der Waals surface area contributed by atoms with Crippen LogP contribution in [0.15, 0.2) is 10.5 Å². The standard InChI is InChI=1S/C14H21NO4S/c1-5-10-9(13(17)18)8-11(19-10)12(16)15-6-7-20-14(2,3)4/h8H,5-7H2,1-4H3,(H,15,16)(H,17,18). The Hall–Kier alpha value is -1.43. The zero-order chi connectivity index (χ0) is 15.3. The van der Waals surface area contributed by atoms with E-state index < -0.39 is 5.97 Å². The summed E-state index contributed by atoms with van der Waals surface area (Å²) in [7, 11) is 0. The Morgan fingerprint density at radius 1 is 1.40 bits per heavy atom. The average molecular weight is 299 g/mol. The molecule has 0 aromatic carbocycles. The lowest BCUT2D eigenvalue weighted by Crippen LogP contribution is -2.26. The van der Waals surface area contributed by atoms with E-state index in [1.807, 2.05) is 0 Å². The number of rotatable bonds is 6. The fraction of sp³-hybridized carbons (Fsp3) is 0.571. The van der Waals surface area contributed by atoms with Crippen molar-refractivity contribution in [3.8, 4) is 0 Å². The normalized spacial score (nSPS) is 11.4. The Morgan fingerprint density at radius 3 is 2.50 bits per heavy atom. The van der Waals surface area contributed by atoms with E-state index in [2.05, 4.69) is 26.1 Å². The number of carboxylic acids is 1. The van der Waals surface area contributed by atoms with Gasteiger partial charge in [0.15, 0.2) is 5.76 Å². The molecule has 0 radical (unpaired) electrons. The van der Waals surface area contributed by atoms with Crippen molar-refractivity contribution in [1.82, 2.24) is 5.32 Å². The highest BCUT2D eigenvalue weighted by atomic mass is 32.2. The van der Waals surface area contributed by atoms with E-state index in [1.165, 1.54) is 6.07 Å². The largest absolute Gasteiger partial charge is 0.478 e. The molecule has 1 heterocycles. The van der Waals surface area contributed by atoms with Crippen LogP contribution in [0.2, 0.25) is 0 Å². The van der Waals surface area contributed by atoms with Gasteiger partial charge in [-0.25, -0.2) is 4.79 Å². The molecule has 0 aliphatic carbocycles. The summed E-state index contributed by atoms with van der Waals surface area (Å²) in [4.78, 5) is 22.9. The zero-order valence-electron chi connectivity index (χ0n) is 12.3. The van der Waals surface area contributed by atoms with Gasteiger partial charge in [0.1, 0.15) is 11.3 Å². The second-order valence-corrected chi connectivity index (χ2v) is 7.24. The van der Waals surface area contributed by atoms with Gasteiger partial charge in [0.2, 0.25) is 0 Å². The van der Waals surface area contributed by atoms with Crippen LogP contribution in [0, 0.1) is 0 Å². The van der Waals surface area contributed by atoms with Crippen LogP contribution in [0.4, 0.5) is 0 Å². The Balaban J connectivity index is 2.58. The van der Waals surface area contributed by atoms with Gasteiger partial charge in [-0.05, 0) is 0 Å². The molecule has 1 aromatic rings. The van der Waals surface area contributed by atoms with Crippen LogP contribution in [-0.4, -0.2) is 34.0 Å². The summed E-state index contributed by atoms with van der Waals surface area (Å²) in [5.41, 5.74) is 0.0571. The third-order valence-corrected chi connectivity index (χ3v) is 3.78. The molecule has 0 fully saturated rings. The lowest BCUT2D eigenvalue weighted by atomic mass is 10.2. The molecule has 6 heteroatoms. The molecule has 1 amide bonds. The number of thioether (sulfide) groups is 1. The summed E-state index contributed by atoms with van der Waals surface area (Å²) >= 11 is 1.75. The summed E-state index contributed by atoms with van der Waals surface area (Å²) in [6.07, 6.45) is 0.439. The van der Waals surface area contributed by atoms with E-state index in [1.54, 1.807) is 18.7 Å². The molecule has 0 aliphatic heterocycles. The summed E-state index contributed by atoms with van der Waals surface area (Å²) in [5.74, 6) is -0.274. The second kappa shape index (κ2) is 6.83. The van der Waals surface area contributed by atoms with Crippen molar-refractivity contribution < 1.29 is 19.1 Å². The first-order valence-electron chi connectivity index (χ1n) is 6.52. The Morgan fingerprint density at radius 2 is 2.05 bits per heavy atom. The summed E-state index contributed by atoms with van der Waals surface area (Å²) in [6, 6.07) is 1.29. The van der Waals surface area contributed by atoms with Gasteiger partial charge in [0, 0.05) is 29.5 Å². The molecule has 0 atom stereocenters. The fourth-order valence-corrected chi connectivity index (χ4v) is 2.41. The number of carboxylic acid groups (broad SMARTS) is 1. The third kappa shape index (κ3) is 4.92. The van der Waals surface area contributed by atoms with Crippen LogP contribution >= 0.6 is 11.8 Å². The molecule has 1 rings (SSSR count). The van der Waals surface area contributed by atoms with Crippen molar-refractivity contribution in [3.63, 3.8) is 0 Å². The maximum atomic E-state index is 11.9. The van der Waals surface area contributed by atoms with Crippen LogP contribution < -0.4 is 5.32 Å². The van der Waals surface area contributed by atoms with Crippen molar-refractivity contribution in [1.29, 1.82) is 0 Å². The number of hydrogen-bond acceptors (Lipinski definition) is 4. The van der Waals surface area contributed by atoms with Crippen LogP contribution in [0.3, 0.4) is 0 Å². The fourth-order valence-electron chi connectivity index (χ4n) is 1.59. The number of hydrogen-bond donors (Lipinski definition) is 2. The number of nitrogens with one attached hydrogen (secondary N) is 1. The van der Waals surface area contributed by atoms with Crippen molar-refractivity contribution in [2.75, 3.05) is 12.3 Å². The van der Waals surface area contributed by atoms with Crippen molar-refractivity contribution in [3.05, 3.63) is 23.2 Å². The molecule has 2 N–H and O–H groups in total. The number of amides is 1. The molecule has 1 aromatic heterocycles. The number of aromatic carboxylic acids is 1. The number of carbonyl (C=O) groups is 2. The quantitative estimate of drug-likeness (QED) is 0.790. The molecule has 0 saturated heterocycles. The van der Waals surface area contributed by atoms with E-state index in [0.717, 1.165) is 5.75 Å². The smallest absolute Gasteiger partial charge is 0.339 e. The molecular formula is C14H21NO4S. The topological polar surface area (TPSA) is 79.5 Å². The first kappa shape index (κ1) is 16.6. The minimum absolute atomic E-state index is 0.0556. The summed E-state index contributed by atoms with van der Waals surface area (Å²) in [6.45, 7) is 8.63. The van der Waals surface area contributed by atoms with Crippen LogP contribution in [0.5, 0.6) is 0 Å². The Bertz CT molecular complexity index is 488. The van der Waals surface area contributed by atoms with Crippen LogP contribution in [-0.2, 0) is 6.42 Å². The lowest BCUT2D eigenvalue weighted by Gasteiger charge is -2.17. The number of aryl methyl sites for hydroxylation is 1. The van der Waals surface area contributed by atoms with Gasteiger partial charge in [-0.3, -0.25) is 4.79 Å². The SMILES string of the molecule is CCc1oc(C(=O)NCCSC(C)(C)C)cc1C(=O)O. The first-order valence-corrected chi connectivity index (χ1v) is 7.51. The van der Waals surface area contributed by atoms with Crippen LogP contribution in [0.25, 0.3) is 0 Å². The van der Waals surface area contributed by atoms with Crippen molar-refractivity contribution in [2.45, 2.75) is 38.9 Å². The average Bonchev–Trinajstić information content (AvgIpc) is 2.77. The molecule has 112 valence electrons. The van der Waals surface area contributed by atoms with Gasteiger partial charge < -0.3 is 14.8 Å². The highest BCUT2D eigenvalue weighted by Crippen LogP contribution is 2.22. The molecule has 0 saturated carbocycles. The van der Waals surface area contributed by atoms with Gasteiger partial charge in [-0.2, -0.15) is 11.8 Å². The summed E-state index contributed by atoms with van der Waals surface area (Å²) in [5, 5.41) is 11.7. The first-order chi connectivity index (χ1) is 9.24. The van der Waals surface area contributed by atoms with Gasteiger partial charge in [0.25, 0.3) is 5.91 Å². The van der Waals surface area contributed by atoms with Gasteiger partial charge >= 0.3 is 5.97 Å². The van der Waals surface area contributed by atoms with Crippen molar-refractivity contribution in [2.24, 2.45) is 0 Å². The zero-order valence-corrected chi connectivity index (χ0v) is 13.1. The Kier molecular flexibility index (Phi) is 5.68. The van der Waals surface area contributed by atoms with E-state index in [0.29, 0.717) is 18.7 Å². The molecule has 20 heavy (non-hydrogen) atoms. The number of carbonyl (C=O) groups excluding carboxylic acids is 1. The van der Waals surface area contributed by atoms with Gasteiger partial charge in [-0.15, -0.1) is 0 Å². The molecule has 0 spiro atoms. The molecule has 0 unspecified atom stereocenters. The van der Waals surface area contributed by atoms with Crippen molar-refractivity contribution >= 4 is 23.6 Å². The molecule has 0 aliphatic rings. The molecule has 0 bridgehead atoms. The third-order valence-electron chi connectivity index (χ3n) is 2.51. The maximum absolute atomic E-state index is 11.9. The molecule has 5 nitrogen and oxygen atoms in total. The highest BCUT2D eigenvalue weighted by Gasteiger charge is 2.19. The predicted molar refractivity (Wildman–Crippen MR) is 79.6 cm³/mol. The van der Waals surface area contributed by atoms with Crippen LogP contribution in [0.1, 0.15) is 54.4 Å². The van der Waals surface area contributed by atoms with E-state index >= 15 is 0 Å². The van der Waals surface area contributed by atoms with E-state index in [4.69, 9.17) is 9.52 Å². The van der Waals surface area contributed by atoms with Gasteiger partial charge in [0.05, 0.1) is 0 Å². The summed E-state index contributed by atoms with van der Waals surface area (Å²) < 4.78 is 5.44. The monoisotopic (exact) mass is 299 g/mol. The minimum Gasteiger partial charge on any atom is -0.478 e. The maximum Gasteiger partial charge on any atom is 0.339 e. The Labute approximate surface area is 123 Å².